The van der Waals surface area contributed by atoms with Gasteiger partial charge in [0, 0.05) is 42.0 Å². The van der Waals surface area contributed by atoms with Gasteiger partial charge in [-0.15, -0.1) is 0 Å². The van der Waals surface area contributed by atoms with E-state index in [2.05, 4.69) is 25.4 Å². The number of anilines is 1. The van der Waals surface area contributed by atoms with Crippen LogP contribution < -0.4 is 5.32 Å². The number of piperidine rings is 1. The molecule has 274 valence electrons. The number of pyridine rings is 1. The molecule has 16 heteroatoms. The minimum absolute atomic E-state index is 0.0903. The van der Waals surface area contributed by atoms with E-state index in [1.807, 2.05) is 37.3 Å². The maximum absolute atomic E-state index is 14.6. The minimum atomic E-state index is -4.90. The molecule has 4 aromatic heterocycles. The fraction of sp³-hybridized carbons (Fsp3) is 0.270. The lowest BCUT2D eigenvalue weighted by Gasteiger charge is -2.37. The van der Waals surface area contributed by atoms with Crippen LogP contribution in [0.2, 0.25) is 0 Å². The Kier molecular flexibility index (Phi) is 9.40. The number of benzene rings is 2. The molecule has 6 aromatic rings. The van der Waals surface area contributed by atoms with E-state index >= 15 is 0 Å². The number of ether oxygens (including phenoxy) is 1. The van der Waals surface area contributed by atoms with Crippen molar-refractivity contribution >= 4 is 33.1 Å². The van der Waals surface area contributed by atoms with Crippen LogP contribution in [0.5, 0.6) is 0 Å². The summed E-state index contributed by atoms with van der Waals surface area (Å²) in [5.41, 5.74) is 0.232. The number of carbonyl (C=O) groups is 1. The summed E-state index contributed by atoms with van der Waals surface area (Å²) in [7, 11) is -4.36. The Balaban J connectivity index is 1.28. The number of hydrogen-bond donors (Lipinski definition) is 1. The van der Waals surface area contributed by atoms with Gasteiger partial charge < -0.3 is 19.5 Å². The molecule has 1 aliphatic heterocycles. The van der Waals surface area contributed by atoms with Crippen LogP contribution in [0.25, 0.3) is 33.5 Å². The Morgan fingerprint density at radius 3 is 2.40 bits per heavy atom. The third kappa shape index (κ3) is 7.05. The fourth-order valence-corrected chi connectivity index (χ4v) is 7.81. The van der Waals surface area contributed by atoms with E-state index in [1.54, 1.807) is 43.0 Å². The molecule has 0 spiro atoms. The topological polar surface area (TPSA) is 145 Å². The first-order valence-corrected chi connectivity index (χ1v) is 18.2. The van der Waals surface area contributed by atoms with Crippen LogP contribution >= 0.6 is 0 Å². The van der Waals surface area contributed by atoms with Crippen molar-refractivity contribution in [2.75, 3.05) is 11.9 Å². The van der Waals surface area contributed by atoms with Crippen molar-refractivity contribution in [3.8, 4) is 22.5 Å². The third-order valence-electron chi connectivity index (χ3n) is 9.21. The van der Waals surface area contributed by atoms with Crippen LogP contribution in [0.1, 0.15) is 42.3 Å². The summed E-state index contributed by atoms with van der Waals surface area (Å²) >= 11 is 0. The molecule has 1 aliphatic rings. The zero-order valence-corrected chi connectivity index (χ0v) is 29.6. The van der Waals surface area contributed by atoms with Crippen LogP contribution in [0, 0.1) is 13.8 Å². The first kappa shape index (κ1) is 35.6. The number of nitrogens with zero attached hydrogens (tertiary/aromatic N) is 6. The van der Waals surface area contributed by atoms with Gasteiger partial charge >= 0.3 is 12.3 Å². The van der Waals surface area contributed by atoms with Crippen molar-refractivity contribution < 1.29 is 35.6 Å². The lowest BCUT2D eigenvalue weighted by Crippen LogP contribution is -2.50. The Bertz CT molecular complexity index is 2380. The lowest BCUT2D eigenvalue weighted by molar-refractivity contribution is -0.137. The zero-order chi connectivity index (χ0) is 37.5. The Morgan fingerprint density at radius 1 is 1.00 bits per heavy atom. The average molecular weight is 746 g/mol. The first-order chi connectivity index (χ1) is 25.3. The van der Waals surface area contributed by atoms with Gasteiger partial charge in [0.05, 0.1) is 27.5 Å². The van der Waals surface area contributed by atoms with Crippen LogP contribution in [0.3, 0.4) is 0 Å². The SMILES string of the molecule is Cc1noc(C)c1-c1ccc2c(-c3nc(N[C@H]4CC[C@H](C)N(C(=O)OCc5ccccc5)C4)ncc3C(F)(F)F)cn(S(=O)(=O)c3ccccc3)c2n1. The highest BCUT2D eigenvalue weighted by molar-refractivity contribution is 7.90. The van der Waals surface area contributed by atoms with Crippen molar-refractivity contribution in [2.45, 2.75) is 63.4 Å². The van der Waals surface area contributed by atoms with E-state index in [0.717, 1.165) is 15.7 Å². The summed E-state index contributed by atoms with van der Waals surface area (Å²) in [6.45, 7) is 5.56. The molecule has 1 N–H and O–H groups in total. The molecule has 0 aliphatic carbocycles. The third-order valence-corrected chi connectivity index (χ3v) is 10.9. The Labute approximate surface area is 302 Å². The zero-order valence-electron chi connectivity index (χ0n) is 28.8. The maximum Gasteiger partial charge on any atom is 0.419 e. The number of hydrogen-bond acceptors (Lipinski definition) is 10. The first-order valence-electron chi connectivity index (χ1n) is 16.8. The number of aryl methyl sites for hydroxylation is 2. The highest BCUT2D eigenvalue weighted by atomic mass is 32.2. The molecule has 1 amide bonds. The van der Waals surface area contributed by atoms with Gasteiger partial charge in [-0.25, -0.2) is 32.1 Å². The maximum atomic E-state index is 14.6. The number of amides is 1. The minimum Gasteiger partial charge on any atom is -0.445 e. The number of nitrogens with one attached hydrogen (secondary N) is 1. The van der Waals surface area contributed by atoms with Crippen LogP contribution in [0.15, 0.2) is 94.6 Å². The summed E-state index contributed by atoms with van der Waals surface area (Å²) < 4.78 is 83.7. The number of carbonyl (C=O) groups excluding carboxylic acids is 1. The number of likely N-dealkylation sites (tertiary alicyclic amines) is 1. The molecule has 12 nitrogen and oxygen atoms in total. The molecule has 2 atom stereocenters. The fourth-order valence-electron chi connectivity index (χ4n) is 6.47. The van der Waals surface area contributed by atoms with Gasteiger partial charge in [0.25, 0.3) is 10.0 Å². The molecule has 1 saturated heterocycles. The molecular formula is C37H34F3N7O5S. The van der Waals surface area contributed by atoms with Crippen molar-refractivity contribution in [1.82, 2.24) is 29.0 Å². The standard InChI is InChI=1S/C37H34F3N7O5S/c1-22-14-15-26(19-46(22)36(48)51-21-25-10-6-4-7-11-25)42-35-41-18-30(37(38,39)40)33(44-35)29-20-47(53(49,50)27-12-8-5-9-13-27)34-28(29)16-17-31(43-34)32-23(2)45-52-24(32)3/h4-13,16-18,20,22,26H,14-15,19,21H2,1-3H3,(H,41,42,44)/t22-,26-/m0/s1. The van der Waals surface area contributed by atoms with Crippen molar-refractivity contribution in [3.05, 3.63) is 108 Å². The Morgan fingerprint density at radius 2 is 1.72 bits per heavy atom. The van der Waals surface area contributed by atoms with E-state index < -0.39 is 39.6 Å². The summed E-state index contributed by atoms with van der Waals surface area (Å²) in [5.74, 6) is 0.307. The number of aromatic nitrogens is 5. The van der Waals surface area contributed by atoms with Gasteiger partial charge in [-0.2, -0.15) is 13.2 Å². The number of rotatable bonds is 8. The van der Waals surface area contributed by atoms with E-state index in [-0.39, 0.29) is 46.6 Å². The normalized spacial score (nSPS) is 16.5. The Hall–Kier alpha value is -5.77. The average Bonchev–Trinajstić information content (AvgIpc) is 3.70. The monoisotopic (exact) mass is 745 g/mol. The van der Waals surface area contributed by atoms with E-state index in [0.29, 0.717) is 41.8 Å². The number of halogens is 3. The van der Waals surface area contributed by atoms with Gasteiger partial charge in [-0.3, -0.25) is 0 Å². The predicted molar refractivity (Wildman–Crippen MR) is 189 cm³/mol. The highest BCUT2D eigenvalue weighted by Crippen LogP contribution is 2.41. The van der Waals surface area contributed by atoms with E-state index in [4.69, 9.17) is 9.26 Å². The lowest BCUT2D eigenvalue weighted by atomic mass is 10.00. The van der Waals surface area contributed by atoms with Gasteiger partial charge in [-0.05, 0) is 63.4 Å². The number of alkyl halides is 3. The van der Waals surface area contributed by atoms with Gasteiger partial charge in [0.15, 0.2) is 5.65 Å². The van der Waals surface area contributed by atoms with Gasteiger partial charge in [-0.1, -0.05) is 53.7 Å². The predicted octanol–water partition coefficient (Wildman–Crippen LogP) is 7.62. The molecular weight excluding hydrogens is 712 g/mol. The highest BCUT2D eigenvalue weighted by Gasteiger charge is 2.38. The summed E-state index contributed by atoms with van der Waals surface area (Å²) in [6, 6.07) is 19.3. The molecule has 5 heterocycles. The second-order valence-corrected chi connectivity index (χ2v) is 14.7. The van der Waals surface area contributed by atoms with Crippen molar-refractivity contribution in [1.29, 1.82) is 0 Å². The molecule has 0 bridgehead atoms. The van der Waals surface area contributed by atoms with E-state index in [9.17, 15) is 26.4 Å². The van der Waals surface area contributed by atoms with Crippen molar-refractivity contribution in [2.24, 2.45) is 0 Å². The molecule has 53 heavy (non-hydrogen) atoms. The van der Waals surface area contributed by atoms with Crippen LogP contribution in [-0.2, 0) is 27.5 Å². The van der Waals surface area contributed by atoms with Crippen LogP contribution in [-0.4, -0.2) is 62.1 Å². The summed E-state index contributed by atoms with van der Waals surface area (Å²) in [6.07, 6.45) is -2.47. The summed E-state index contributed by atoms with van der Waals surface area (Å²) in [4.78, 5) is 27.6. The molecule has 2 aromatic carbocycles. The summed E-state index contributed by atoms with van der Waals surface area (Å²) in [5, 5.41) is 7.17. The van der Waals surface area contributed by atoms with Gasteiger partial charge in [0.2, 0.25) is 5.95 Å². The molecule has 0 radical (unpaired) electrons. The molecule has 0 saturated carbocycles. The number of fused-ring (bicyclic) bond motifs is 1. The van der Waals surface area contributed by atoms with Gasteiger partial charge in [0.1, 0.15) is 17.9 Å². The molecule has 7 rings (SSSR count). The largest absolute Gasteiger partial charge is 0.445 e. The quantitative estimate of drug-likeness (QED) is 0.165. The smallest absolute Gasteiger partial charge is 0.419 e. The molecule has 1 fully saturated rings. The molecule has 0 unspecified atom stereocenters. The van der Waals surface area contributed by atoms with E-state index in [1.165, 1.54) is 18.2 Å². The van der Waals surface area contributed by atoms with Crippen molar-refractivity contribution in [3.63, 3.8) is 0 Å². The second kappa shape index (κ2) is 14.0. The van der Waals surface area contributed by atoms with Crippen LogP contribution in [0.4, 0.5) is 23.9 Å². The second-order valence-electron chi connectivity index (χ2n) is 12.8.